The predicted molar refractivity (Wildman–Crippen MR) is 100 cm³/mol. The van der Waals surface area contributed by atoms with Gasteiger partial charge < -0.3 is 9.47 Å². The van der Waals surface area contributed by atoms with Crippen molar-refractivity contribution in [2.45, 2.75) is 23.5 Å². The Morgan fingerprint density at radius 1 is 1.16 bits per heavy atom. The molecule has 4 nitrogen and oxygen atoms in total. The summed E-state index contributed by atoms with van der Waals surface area (Å²) in [6.45, 7) is 3.33. The zero-order valence-corrected chi connectivity index (χ0v) is 15.3. The van der Waals surface area contributed by atoms with Gasteiger partial charge in [0, 0.05) is 16.9 Å². The van der Waals surface area contributed by atoms with Gasteiger partial charge in [-0.25, -0.2) is 4.99 Å². The summed E-state index contributed by atoms with van der Waals surface area (Å²) in [5.74, 6) is 1.75. The smallest absolute Gasteiger partial charge is 0.187 e. The summed E-state index contributed by atoms with van der Waals surface area (Å²) < 4.78 is 10.6. The van der Waals surface area contributed by atoms with E-state index < -0.39 is 0 Å². The number of benzene rings is 2. The minimum absolute atomic E-state index is 0.138. The molecule has 1 atom stereocenters. The monoisotopic (exact) mass is 356 g/mol. The number of thioether (sulfide) groups is 1. The lowest BCUT2D eigenvalue weighted by atomic mass is 10.1. The molecular formula is C20H22NO3S+. The van der Waals surface area contributed by atoms with Gasteiger partial charge in [0.05, 0.1) is 13.7 Å². The van der Waals surface area contributed by atoms with E-state index in [1.165, 1.54) is 5.56 Å². The second kappa shape index (κ2) is 8.21. The maximum absolute atomic E-state index is 12.5. The number of rotatable bonds is 7. The number of hydrogen-bond donors (Lipinski definition) is 1. The Bertz CT molecular complexity index is 771. The molecule has 0 unspecified atom stereocenters. The molecule has 3 rings (SSSR count). The Hall–Kier alpha value is -2.27. The average molecular weight is 356 g/mol. The molecule has 0 fully saturated rings. The highest BCUT2D eigenvalue weighted by molar-refractivity contribution is 8.02. The van der Waals surface area contributed by atoms with Crippen LogP contribution in [-0.4, -0.2) is 37.5 Å². The summed E-state index contributed by atoms with van der Waals surface area (Å²) in [5.41, 5.74) is 1.99. The molecule has 130 valence electrons. The predicted octanol–water partition coefficient (Wildman–Crippen LogP) is 2.14. The molecule has 0 radical (unpaired) electrons. The fourth-order valence-corrected chi connectivity index (χ4v) is 3.82. The Morgan fingerprint density at radius 2 is 1.92 bits per heavy atom. The van der Waals surface area contributed by atoms with Gasteiger partial charge in [-0.2, -0.15) is 0 Å². The molecule has 1 N–H and O–H groups in total. The van der Waals surface area contributed by atoms with Gasteiger partial charge in [0.15, 0.2) is 12.0 Å². The van der Waals surface area contributed by atoms with Crippen LogP contribution in [0, 0.1) is 0 Å². The lowest BCUT2D eigenvalue weighted by molar-refractivity contribution is -0.451. The molecule has 1 heterocycles. The summed E-state index contributed by atoms with van der Waals surface area (Å²) in [5, 5.41) is -0.178. The Labute approximate surface area is 152 Å². The quantitative estimate of drug-likeness (QED) is 0.773. The van der Waals surface area contributed by atoms with Crippen LogP contribution in [0.25, 0.3) is 0 Å². The Kier molecular flexibility index (Phi) is 5.76. The Morgan fingerprint density at radius 3 is 2.64 bits per heavy atom. The highest BCUT2D eigenvalue weighted by Crippen LogP contribution is 2.37. The summed E-state index contributed by atoms with van der Waals surface area (Å²) in [7, 11) is 1.66. The van der Waals surface area contributed by atoms with Crippen LogP contribution in [0.4, 0.5) is 0 Å². The van der Waals surface area contributed by atoms with Crippen LogP contribution in [0.1, 0.15) is 22.8 Å². The number of fused-ring (bicyclic) bond motifs is 1. The maximum Gasteiger partial charge on any atom is 0.187 e. The van der Waals surface area contributed by atoms with Crippen LogP contribution in [0.5, 0.6) is 11.5 Å². The van der Waals surface area contributed by atoms with Gasteiger partial charge in [0.1, 0.15) is 23.3 Å². The van der Waals surface area contributed by atoms with Crippen molar-refractivity contribution in [3.05, 3.63) is 53.6 Å². The summed E-state index contributed by atoms with van der Waals surface area (Å²) in [6, 6.07) is 13.8. The normalized spacial score (nSPS) is 16.2. The van der Waals surface area contributed by atoms with Crippen LogP contribution < -0.4 is 14.5 Å². The molecule has 0 aromatic heterocycles. The van der Waals surface area contributed by atoms with Gasteiger partial charge >= 0.3 is 0 Å². The van der Waals surface area contributed by atoms with E-state index in [9.17, 15) is 4.79 Å². The zero-order valence-electron chi connectivity index (χ0n) is 14.5. The topological polar surface area (TPSA) is 49.5 Å². The van der Waals surface area contributed by atoms with E-state index in [-0.39, 0.29) is 11.0 Å². The molecule has 2 aromatic carbocycles. The number of carbonyl (C=O) groups excluding carboxylic acids is 1. The standard InChI is InChI=1S/C20H21NO3S/c1-3-24-16-8-9-18-17(12-16)20(22)19(25-18)13-21-11-10-14-4-6-15(23-2)7-5-14/h4-9,12-13,19H,3,10-11H2,1-2H3/p+1/t19-/m0/s1. The third-order valence-corrected chi connectivity index (χ3v) is 5.24. The third kappa shape index (κ3) is 4.23. The first kappa shape index (κ1) is 17.5. The molecule has 5 heteroatoms. The highest BCUT2D eigenvalue weighted by atomic mass is 32.2. The molecule has 0 saturated heterocycles. The molecule has 1 aliphatic heterocycles. The highest BCUT2D eigenvalue weighted by Gasteiger charge is 2.32. The minimum Gasteiger partial charge on any atom is -0.497 e. The summed E-state index contributed by atoms with van der Waals surface area (Å²) in [4.78, 5) is 16.8. The molecule has 0 aliphatic carbocycles. The number of methoxy groups -OCH3 is 1. The van der Waals surface area contributed by atoms with Crippen LogP contribution in [0.15, 0.2) is 47.4 Å². The van der Waals surface area contributed by atoms with Gasteiger partial charge in [-0.15, -0.1) is 11.8 Å². The SMILES string of the molecule is CCOc1ccc2c(c1)C(=O)[C@H](C=[NH+]CCc1ccc(OC)cc1)S2. The largest absolute Gasteiger partial charge is 0.497 e. The van der Waals surface area contributed by atoms with Crippen LogP contribution in [-0.2, 0) is 6.42 Å². The van der Waals surface area contributed by atoms with Gasteiger partial charge in [0.2, 0.25) is 0 Å². The van der Waals surface area contributed by atoms with Crippen LogP contribution in [0.2, 0.25) is 0 Å². The minimum atomic E-state index is -0.178. The van der Waals surface area contributed by atoms with E-state index in [0.717, 1.165) is 34.9 Å². The van der Waals surface area contributed by atoms with E-state index in [4.69, 9.17) is 9.47 Å². The molecule has 1 aliphatic rings. The second-order valence-electron chi connectivity index (χ2n) is 5.71. The van der Waals surface area contributed by atoms with Gasteiger partial charge in [0.25, 0.3) is 0 Å². The lowest BCUT2D eigenvalue weighted by Crippen LogP contribution is -2.71. The van der Waals surface area contributed by atoms with Crippen molar-refractivity contribution in [1.82, 2.24) is 0 Å². The van der Waals surface area contributed by atoms with Gasteiger partial charge in [-0.05, 0) is 42.8 Å². The van der Waals surface area contributed by atoms with Crippen molar-refractivity contribution >= 4 is 23.8 Å². The molecule has 0 amide bonds. The number of nitrogens with one attached hydrogen (secondary N) is 1. The summed E-state index contributed by atoms with van der Waals surface area (Å²) in [6.07, 6.45) is 2.80. The van der Waals surface area contributed by atoms with Crippen molar-refractivity contribution in [2.24, 2.45) is 0 Å². The number of Topliss-reactive ketones (excluding diaryl/α,β-unsaturated/α-hetero) is 1. The van der Waals surface area contributed by atoms with Gasteiger partial charge in [-0.1, -0.05) is 12.1 Å². The first-order valence-electron chi connectivity index (χ1n) is 8.38. The van der Waals surface area contributed by atoms with Crippen molar-refractivity contribution in [1.29, 1.82) is 0 Å². The van der Waals surface area contributed by atoms with E-state index in [2.05, 4.69) is 17.1 Å². The number of ketones is 1. The first-order chi connectivity index (χ1) is 12.2. The molecule has 0 spiro atoms. The van der Waals surface area contributed by atoms with E-state index in [1.807, 2.05) is 43.5 Å². The fourth-order valence-electron chi connectivity index (χ4n) is 2.71. The van der Waals surface area contributed by atoms with Crippen molar-refractivity contribution in [3.8, 4) is 11.5 Å². The number of hydrogen-bond acceptors (Lipinski definition) is 4. The van der Waals surface area contributed by atoms with Crippen molar-refractivity contribution in [2.75, 3.05) is 20.3 Å². The fraction of sp³-hybridized carbons (Fsp3) is 0.300. The van der Waals surface area contributed by atoms with E-state index in [1.54, 1.807) is 18.9 Å². The molecule has 25 heavy (non-hydrogen) atoms. The Balaban J connectivity index is 1.56. The van der Waals surface area contributed by atoms with Gasteiger partial charge in [-0.3, -0.25) is 4.79 Å². The molecular weight excluding hydrogens is 334 g/mol. The van der Waals surface area contributed by atoms with Crippen LogP contribution >= 0.6 is 11.8 Å². The number of ether oxygens (including phenoxy) is 2. The summed E-state index contributed by atoms with van der Waals surface area (Å²) >= 11 is 1.58. The average Bonchev–Trinajstić information content (AvgIpc) is 2.95. The molecule has 2 aromatic rings. The molecule has 0 bridgehead atoms. The zero-order chi connectivity index (χ0) is 17.6. The first-order valence-corrected chi connectivity index (χ1v) is 9.26. The second-order valence-corrected chi connectivity index (χ2v) is 6.90. The lowest BCUT2D eigenvalue weighted by Gasteiger charge is -2.03. The van der Waals surface area contributed by atoms with Crippen molar-refractivity contribution < 1.29 is 19.3 Å². The van der Waals surface area contributed by atoms with Crippen molar-refractivity contribution in [3.63, 3.8) is 0 Å². The van der Waals surface area contributed by atoms with Crippen LogP contribution in [0.3, 0.4) is 0 Å². The molecule has 0 saturated carbocycles. The van der Waals surface area contributed by atoms with E-state index >= 15 is 0 Å². The number of carbonyl (C=O) groups is 1. The maximum atomic E-state index is 12.5. The third-order valence-electron chi connectivity index (χ3n) is 4.03. The van der Waals surface area contributed by atoms with E-state index in [0.29, 0.717) is 6.61 Å².